The molecule has 0 heterocycles. The van der Waals surface area contributed by atoms with Crippen LogP contribution in [0.15, 0.2) is 11.8 Å². The number of carboxylic acids is 1. The molecule has 0 atom stereocenters. The molecule has 0 aromatic heterocycles. The molecular weight excluding hydrogens is 262 g/mol. The smallest absolute Gasteiger partial charge is 0.303 e. The van der Waals surface area contributed by atoms with Crippen molar-refractivity contribution in [1.82, 2.24) is 5.32 Å². The van der Waals surface area contributed by atoms with Crippen molar-refractivity contribution in [2.24, 2.45) is 0 Å². The first-order valence-electron chi connectivity index (χ1n) is 6.60. The number of ether oxygens (including phenoxy) is 2. The van der Waals surface area contributed by atoms with Crippen LogP contribution in [0.5, 0.6) is 0 Å². The zero-order chi connectivity index (χ0) is 15.6. The summed E-state index contributed by atoms with van der Waals surface area (Å²) in [6, 6.07) is 0. The van der Waals surface area contributed by atoms with E-state index in [9.17, 15) is 9.59 Å². The summed E-state index contributed by atoms with van der Waals surface area (Å²) in [5.74, 6) is -0.426. The van der Waals surface area contributed by atoms with E-state index in [0.29, 0.717) is 19.6 Å². The zero-order valence-corrected chi connectivity index (χ0v) is 12.7. The van der Waals surface area contributed by atoms with E-state index in [0.717, 1.165) is 5.76 Å². The van der Waals surface area contributed by atoms with Crippen molar-refractivity contribution in [1.29, 1.82) is 0 Å². The van der Waals surface area contributed by atoms with E-state index < -0.39 is 5.97 Å². The van der Waals surface area contributed by atoms with Crippen molar-refractivity contribution < 1.29 is 24.2 Å². The van der Waals surface area contributed by atoms with Crippen LogP contribution in [0.3, 0.4) is 0 Å². The van der Waals surface area contributed by atoms with Gasteiger partial charge in [0.05, 0.1) is 31.5 Å². The first-order valence-corrected chi connectivity index (χ1v) is 6.60. The highest BCUT2D eigenvalue weighted by atomic mass is 16.5. The van der Waals surface area contributed by atoms with Gasteiger partial charge in [0.2, 0.25) is 5.91 Å². The molecule has 6 heteroatoms. The number of methoxy groups -OCH3 is 1. The Balaban J connectivity index is 3.86. The van der Waals surface area contributed by atoms with Gasteiger partial charge in [-0.1, -0.05) is 0 Å². The van der Waals surface area contributed by atoms with Gasteiger partial charge in [0.25, 0.3) is 0 Å². The molecule has 0 saturated carbocycles. The molecule has 6 nitrogen and oxygen atoms in total. The van der Waals surface area contributed by atoms with Crippen molar-refractivity contribution in [3.05, 3.63) is 11.8 Å². The topological polar surface area (TPSA) is 84.9 Å². The Hall–Kier alpha value is -1.56. The number of aliphatic carboxylic acids is 1. The third-order valence-electron chi connectivity index (χ3n) is 2.78. The SMILES string of the molecule is CO/C(C)=C/COC(C)(C)CCNC(=O)CCC(=O)O. The average molecular weight is 287 g/mol. The van der Waals surface area contributed by atoms with Crippen LogP contribution in [0.25, 0.3) is 0 Å². The van der Waals surface area contributed by atoms with Crippen molar-refractivity contribution in [2.45, 2.75) is 45.6 Å². The van der Waals surface area contributed by atoms with Crippen LogP contribution in [0.1, 0.15) is 40.0 Å². The Bertz CT molecular complexity index is 349. The minimum absolute atomic E-state index is 0.00634. The fourth-order valence-corrected chi connectivity index (χ4v) is 1.35. The number of hydrogen-bond acceptors (Lipinski definition) is 4. The normalized spacial score (nSPS) is 12.1. The maximum Gasteiger partial charge on any atom is 0.303 e. The maximum atomic E-state index is 11.3. The molecule has 0 saturated heterocycles. The Labute approximate surface area is 120 Å². The highest BCUT2D eigenvalue weighted by Crippen LogP contribution is 2.13. The number of rotatable bonds is 10. The monoisotopic (exact) mass is 287 g/mol. The van der Waals surface area contributed by atoms with Crippen LogP contribution in [0, 0.1) is 0 Å². The molecule has 116 valence electrons. The summed E-state index contributed by atoms with van der Waals surface area (Å²) in [7, 11) is 1.60. The van der Waals surface area contributed by atoms with Crippen LogP contribution in [0.2, 0.25) is 0 Å². The molecule has 0 fully saturated rings. The lowest BCUT2D eigenvalue weighted by molar-refractivity contribution is -0.138. The van der Waals surface area contributed by atoms with Crippen LogP contribution in [-0.4, -0.2) is 42.8 Å². The molecule has 0 aliphatic heterocycles. The number of allylic oxidation sites excluding steroid dienone is 1. The second kappa shape index (κ2) is 9.36. The molecule has 20 heavy (non-hydrogen) atoms. The van der Waals surface area contributed by atoms with E-state index in [1.54, 1.807) is 7.11 Å². The number of carbonyl (C=O) groups is 2. The summed E-state index contributed by atoms with van der Waals surface area (Å²) in [4.78, 5) is 21.7. The van der Waals surface area contributed by atoms with Crippen LogP contribution < -0.4 is 5.32 Å². The first kappa shape index (κ1) is 18.4. The molecule has 0 bridgehead atoms. The molecule has 0 radical (unpaired) electrons. The van der Waals surface area contributed by atoms with E-state index in [1.165, 1.54) is 0 Å². The van der Waals surface area contributed by atoms with Gasteiger partial charge in [-0.15, -0.1) is 0 Å². The summed E-state index contributed by atoms with van der Waals surface area (Å²) in [6.45, 7) is 6.62. The second-order valence-electron chi connectivity index (χ2n) is 5.08. The largest absolute Gasteiger partial charge is 0.502 e. The van der Waals surface area contributed by atoms with E-state index in [1.807, 2.05) is 26.8 Å². The van der Waals surface area contributed by atoms with Gasteiger partial charge >= 0.3 is 5.97 Å². The third-order valence-corrected chi connectivity index (χ3v) is 2.78. The molecule has 0 aromatic carbocycles. The number of amides is 1. The number of carboxylic acid groups (broad SMARTS) is 1. The molecule has 2 N–H and O–H groups in total. The van der Waals surface area contributed by atoms with Gasteiger partial charge in [0.15, 0.2) is 0 Å². The standard InChI is InChI=1S/C14H25NO5/c1-11(19-4)7-10-20-14(2,3)8-9-15-12(16)5-6-13(17)18/h7H,5-6,8-10H2,1-4H3,(H,15,16)(H,17,18)/b11-7+. The van der Waals surface area contributed by atoms with Crippen LogP contribution >= 0.6 is 0 Å². The molecule has 0 unspecified atom stereocenters. The quantitative estimate of drug-likeness (QED) is 0.597. The van der Waals surface area contributed by atoms with Gasteiger partial charge in [-0.2, -0.15) is 0 Å². The highest BCUT2D eigenvalue weighted by molar-refractivity contribution is 5.80. The van der Waals surface area contributed by atoms with E-state index >= 15 is 0 Å². The van der Waals surface area contributed by atoms with Gasteiger partial charge in [-0.05, 0) is 33.3 Å². The second-order valence-corrected chi connectivity index (χ2v) is 5.08. The fraction of sp³-hybridized carbons (Fsp3) is 0.714. The molecular formula is C14H25NO5. The van der Waals surface area contributed by atoms with E-state index in [4.69, 9.17) is 14.6 Å². The van der Waals surface area contributed by atoms with Gasteiger partial charge in [-0.25, -0.2) is 0 Å². The summed E-state index contributed by atoms with van der Waals surface area (Å²) in [5.41, 5.74) is -0.370. The first-order chi connectivity index (χ1) is 9.26. The Morgan fingerprint density at radius 3 is 2.50 bits per heavy atom. The Kier molecular flexibility index (Phi) is 8.63. The zero-order valence-electron chi connectivity index (χ0n) is 12.7. The molecule has 1 amide bonds. The van der Waals surface area contributed by atoms with Crippen molar-refractivity contribution in [3.63, 3.8) is 0 Å². The van der Waals surface area contributed by atoms with Gasteiger partial charge < -0.3 is 19.9 Å². The lowest BCUT2D eigenvalue weighted by atomic mass is 10.1. The molecule has 0 aliphatic carbocycles. The van der Waals surface area contributed by atoms with E-state index in [-0.39, 0.29) is 24.3 Å². The van der Waals surface area contributed by atoms with Gasteiger partial charge in [-0.3, -0.25) is 9.59 Å². The van der Waals surface area contributed by atoms with Gasteiger partial charge in [0.1, 0.15) is 0 Å². The Morgan fingerprint density at radius 2 is 1.95 bits per heavy atom. The van der Waals surface area contributed by atoms with Crippen molar-refractivity contribution in [3.8, 4) is 0 Å². The number of nitrogens with one attached hydrogen (secondary N) is 1. The van der Waals surface area contributed by atoms with Crippen LogP contribution in [-0.2, 0) is 19.1 Å². The summed E-state index contributed by atoms with van der Waals surface area (Å²) in [6.07, 6.45) is 2.35. The average Bonchev–Trinajstić information content (AvgIpc) is 2.35. The number of carbonyl (C=O) groups excluding carboxylic acids is 1. The number of hydrogen-bond donors (Lipinski definition) is 2. The predicted molar refractivity (Wildman–Crippen MR) is 75.3 cm³/mol. The Morgan fingerprint density at radius 1 is 1.30 bits per heavy atom. The summed E-state index contributed by atoms with van der Waals surface area (Å²) in [5, 5.41) is 11.1. The van der Waals surface area contributed by atoms with Gasteiger partial charge in [0, 0.05) is 13.0 Å². The predicted octanol–water partition coefficient (Wildman–Crippen LogP) is 1.70. The molecule has 0 aliphatic rings. The van der Waals surface area contributed by atoms with Crippen molar-refractivity contribution in [2.75, 3.05) is 20.3 Å². The molecule has 0 aromatic rings. The molecule has 0 spiro atoms. The lowest BCUT2D eigenvalue weighted by Crippen LogP contribution is -2.33. The van der Waals surface area contributed by atoms with Crippen molar-refractivity contribution >= 4 is 11.9 Å². The molecule has 0 rings (SSSR count). The maximum absolute atomic E-state index is 11.3. The minimum Gasteiger partial charge on any atom is -0.502 e. The third kappa shape index (κ3) is 10.4. The fourth-order valence-electron chi connectivity index (χ4n) is 1.35. The van der Waals surface area contributed by atoms with E-state index in [2.05, 4.69) is 5.32 Å². The lowest BCUT2D eigenvalue weighted by Gasteiger charge is -2.24. The minimum atomic E-state index is -0.968. The highest BCUT2D eigenvalue weighted by Gasteiger charge is 2.18. The van der Waals surface area contributed by atoms with Crippen LogP contribution in [0.4, 0.5) is 0 Å². The summed E-state index contributed by atoms with van der Waals surface area (Å²) < 4.78 is 10.7. The summed E-state index contributed by atoms with van der Waals surface area (Å²) >= 11 is 0.